The summed E-state index contributed by atoms with van der Waals surface area (Å²) in [6.45, 7) is 5.60. The van der Waals surface area contributed by atoms with Crippen LogP contribution in [-0.4, -0.2) is 37.7 Å². The van der Waals surface area contributed by atoms with Crippen LogP contribution in [0.5, 0.6) is 0 Å². The first-order valence-electron chi connectivity index (χ1n) is 10.5. The fourth-order valence-corrected chi connectivity index (χ4v) is 6.09. The van der Waals surface area contributed by atoms with Crippen LogP contribution < -0.4 is 0 Å². The van der Waals surface area contributed by atoms with Gasteiger partial charge in [0, 0.05) is 11.8 Å². The molecular weight excluding hydrogens is 334 g/mol. The zero-order chi connectivity index (χ0) is 19.1. The highest BCUT2D eigenvalue weighted by molar-refractivity contribution is 5.49. The largest absolute Gasteiger partial charge is 0.497 e. The molecule has 0 aliphatic heterocycles. The molecule has 0 heterocycles. The lowest BCUT2D eigenvalue weighted by Gasteiger charge is -2.55. The minimum atomic E-state index is -0.0835. The van der Waals surface area contributed by atoms with E-state index in [2.05, 4.69) is 75.3 Å². The van der Waals surface area contributed by atoms with Crippen LogP contribution in [0.15, 0.2) is 54.0 Å². The van der Waals surface area contributed by atoms with Crippen LogP contribution in [0.4, 0.5) is 0 Å². The van der Waals surface area contributed by atoms with Crippen molar-refractivity contribution in [2.24, 2.45) is 11.3 Å². The van der Waals surface area contributed by atoms with Gasteiger partial charge in [0.05, 0.1) is 24.2 Å². The molecule has 2 bridgehead atoms. The Morgan fingerprint density at radius 1 is 1.00 bits per heavy atom. The van der Waals surface area contributed by atoms with E-state index < -0.39 is 0 Å². The van der Waals surface area contributed by atoms with E-state index in [1.165, 1.54) is 24.8 Å². The van der Waals surface area contributed by atoms with Crippen molar-refractivity contribution in [1.29, 1.82) is 0 Å². The van der Waals surface area contributed by atoms with E-state index in [0.29, 0.717) is 19.1 Å². The Morgan fingerprint density at radius 2 is 1.70 bits per heavy atom. The van der Waals surface area contributed by atoms with Crippen LogP contribution >= 0.6 is 0 Å². The maximum absolute atomic E-state index is 6.35. The highest BCUT2D eigenvalue weighted by Gasteiger charge is 2.67. The van der Waals surface area contributed by atoms with Gasteiger partial charge in [-0.1, -0.05) is 43.2 Å². The lowest BCUT2D eigenvalue weighted by atomic mass is 9.54. The van der Waals surface area contributed by atoms with Gasteiger partial charge in [-0.25, -0.2) is 0 Å². The summed E-state index contributed by atoms with van der Waals surface area (Å²) in [7, 11) is 4.47. The summed E-state index contributed by atoms with van der Waals surface area (Å²) in [6.07, 6.45) is 9.77. The second-order valence-electron chi connectivity index (χ2n) is 8.35. The zero-order valence-electron chi connectivity index (χ0n) is 17.2. The molecule has 0 saturated heterocycles. The Kier molecular flexibility index (Phi) is 4.84. The monoisotopic (exact) mass is 367 g/mol. The van der Waals surface area contributed by atoms with Crippen LogP contribution in [0, 0.1) is 11.3 Å². The lowest BCUT2D eigenvalue weighted by Crippen LogP contribution is -2.58. The summed E-state index contributed by atoms with van der Waals surface area (Å²) in [5.41, 5.74) is 1.21. The number of nitrogens with zero attached hydrogens (tertiary/aromatic N) is 1. The maximum atomic E-state index is 6.35. The number of hydrogen-bond donors (Lipinski definition) is 0. The third-order valence-electron chi connectivity index (χ3n) is 7.06. The van der Waals surface area contributed by atoms with Crippen molar-refractivity contribution in [3.8, 4) is 0 Å². The van der Waals surface area contributed by atoms with E-state index >= 15 is 0 Å². The Bertz CT molecular complexity index is 738. The Hall–Kier alpha value is -1.74. The fourth-order valence-electron chi connectivity index (χ4n) is 6.09. The molecule has 1 fully saturated rings. The standard InChI is InChI=1S/C24H33NO2/c1-5-26-21-16-19(18-12-8-7-9-13-18)24(25(3)4)17-22(27-6-2)23(21)15-11-10-14-20(23)24/h7-9,12-13,16-17,19-20H,5-6,10-11,14-15H2,1-4H3/t19-,20+,23+,24-/m0/s1. The van der Waals surface area contributed by atoms with E-state index in [-0.39, 0.29) is 16.9 Å². The van der Waals surface area contributed by atoms with Gasteiger partial charge in [0.1, 0.15) is 11.5 Å². The van der Waals surface area contributed by atoms with E-state index in [9.17, 15) is 0 Å². The van der Waals surface area contributed by atoms with Crippen molar-refractivity contribution in [3.63, 3.8) is 0 Å². The molecule has 4 rings (SSSR count). The predicted octanol–water partition coefficient (Wildman–Crippen LogP) is 5.12. The summed E-state index contributed by atoms with van der Waals surface area (Å²) < 4.78 is 12.7. The molecule has 0 radical (unpaired) electrons. The second-order valence-corrected chi connectivity index (χ2v) is 8.35. The molecule has 27 heavy (non-hydrogen) atoms. The van der Waals surface area contributed by atoms with Gasteiger partial charge in [-0.2, -0.15) is 0 Å². The molecular formula is C24H33NO2. The first-order valence-corrected chi connectivity index (χ1v) is 10.5. The summed E-state index contributed by atoms with van der Waals surface area (Å²) >= 11 is 0. The molecule has 1 saturated carbocycles. The van der Waals surface area contributed by atoms with Gasteiger partial charge >= 0.3 is 0 Å². The molecule has 1 aromatic rings. The van der Waals surface area contributed by atoms with Gasteiger partial charge in [0.25, 0.3) is 0 Å². The maximum Gasteiger partial charge on any atom is 0.108 e. The van der Waals surface area contributed by atoms with Gasteiger partial charge in [-0.3, -0.25) is 4.90 Å². The van der Waals surface area contributed by atoms with E-state index in [1.807, 2.05) is 0 Å². The topological polar surface area (TPSA) is 21.7 Å². The Balaban J connectivity index is 1.97. The summed E-state index contributed by atoms with van der Waals surface area (Å²) in [5.74, 6) is 3.07. The number of benzene rings is 1. The molecule has 146 valence electrons. The first-order chi connectivity index (χ1) is 13.1. The van der Waals surface area contributed by atoms with Gasteiger partial charge in [-0.15, -0.1) is 0 Å². The number of ether oxygens (including phenoxy) is 2. The van der Waals surface area contributed by atoms with Crippen LogP contribution in [0.1, 0.15) is 51.0 Å². The van der Waals surface area contributed by atoms with Crippen LogP contribution in [0.3, 0.4) is 0 Å². The van der Waals surface area contributed by atoms with E-state index in [1.54, 1.807) is 0 Å². The average molecular weight is 368 g/mol. The molecule has 3 nitrogen and oxygen atoms in total. The third kappa shape index (κ3) is 2.51. The molecule has 0 unspecified atom stereocenters. The molecule has 3 heteroatoms. The van der Waals surface area contributed by atoms with E-state index in [0.717, 1.165) is 17.9 Å². The van der Waals surface area contributed by atoms with E-state index in [4.69, 9.17) is 9.47 Å². The van der Waals surface area contributed by atoms with Crippen molar-refractivity contribution < 1.29 is 9.47 Å². The minimum Gasteiger partial charge on any atom is -0.497 e. The third-order valence-corrected chi connectivity index (χ3v) is 7.06. The molecule has 1 aromatic carbocycles. The smallest absolute Gasteiger partial charge is 0.108 e. The summed E-state index contributed by atoms with van der Waals surface area (Å²) in [6, 6.07) is 10.9. The molecule has 3 aliphatic carbocycles. The minimum absolute atomic E-state index is 0.0626. The highest BCUT2D eigenvalue weighted by Crippen LogP contribution is 2.68. The van der Waals surface area contributed by atoms with Crippen molar-refractivity contribution >= 4 is 0 Å². The Labute approximate surface area is 164 Å². The molecule has 3 aliphatic rings. The number of hydrogen-bond acceptors (Lipinski definition) is 3. The molecule has 0 spiro atoms. The zero-order valence-corrected chi connectivity index (χ0v) is 17.2. The first kappa shape index (κ1) is 18.6. The number of likely N-dealkylation sites (N-methyl/N-ethyl adjacent to an activating group) is 1. The highest BCUT2D eigenvalue weighted by atomic mass is 16.5. The van der Waals surface area contributed by atoms with Crippen molar-refractivity contribution in [2.45, 2.75) is 51.0 Å². The van der Waals surface area contributed by atoms with Gasteiger partial charge in [0.15, 0.2) is 0 Å². The average Bonchev–Trinajstić information content (AvgIpc) is 2.93. The van der Waals surface area contributed by atoms with Crippen molar-refractivity contribution in [3.05, 3.63) is 59.6 Å². The summed E-state index contributed by atoms with van der Waals surface area (Å²) in [4.78, 5) is 2.45. The molecule has 4 atom stereocenters. The molecule has 0 aromatic heterocycles. The molecule has 0 amide bonds. The molecule has 0 N–H and O–H groups in total. The van der Waals surface area contributed by atoms with Gasteiger partial charge in [0.2, 0.25) is 0 Å². The quantitative estimate of drug-likeness (QED) is 0.697. The normalized spacial score (nSPS) is 34.7. The van der Waals surface area contributed by atoms with Crippen molar-refractivity contribution in [1.82, 2.24) is 4.90 Å². The van der Waals surface area contributed by atoms with Crippen LogP contribution in [0.25, 0.3) is 0 Å². The Morgan fingerprint density at radius 3 is 2.37 bits per heavy atom. The summed E-state index contributed by atoms with van der Waals surface area (Å²) in [5, 5.41) is 0. The number of rotatable bonds is 6. The van der Waals surface area contributed by atoms with Crippen molar-refractivity contribution in [2.75, 3.05) is 27.3 Å². The van der Waals surface area contributed by atoms with Gasteiger partial charge in [-0.05, 0) is 58.5 Å². The fraction of sp³-hybridized carbons (Fsp3) is 0.583. The van der Waals surface area contributed by atoms with Crippen LogP contribution in [0.2, 0.25) is 0 Å². The predicted molar refractivity (Wildman–Crippen MR) is 109 cm³/mol. The lowest BCUT2D eigenvalue weighted by molar-refractivity contribution is -0.0275. The van der Waals surface area contributed by atoms with Crippen LogP contribution in [-0.2, 0) is 9.47 Å². The second kappa shape index (κ2) is 7.01. The van der Waals surface area contributed by atoms with Gasteiger partial charge < -0.3 is 9.47 Å². The SMILES string of the molecule is CCOC1=C[C@@H](c2ccccc2)[C@@]2(N(C)C)C=C(OCC)[C@@]13CCCC[C@H]32.